The Balaban J connectivity index is -0.00000242. The molecule has 0 saturated carbocycles. The molecule has 0 amide bonds. The van der Waals surface area contributed by atoms with Crippen molar-refractivity contribution in [2.75, 3.05) is 0 Å². The molecule has 0 aliphatic carbocycles. The van der Waals surface area contributed by atoms with Crippen molar-refractivity contribution in [1.82, 2.24) is 0 Å². The van der Waals surface area contributed by atoms with Crippen LogP contribution in [0.5, 0.6) is 0 Å². The summed E-state index contributed by atoms with van der Waals surface area (Å²) in [5.74, 6) is 0. The van der Waals surface area contributed by atoms with Gasteiger partial charge in [-0.1, -0.05) is 36.8 Å². The van der Waals surface area contributed by atoms with Gasteiger partial charge in [0.1, 0.15) is 0 Å². The Bertz CT molecular complexity index is 471. The van der Waals surface area contributed by atoms with Crippen LogP contribution >= 0.6 is 7.94 Å². The van der Waals surface area contributed by atoms with Crippen LogP contribution in [0.3, 0.4) is 0 Å². The average molecular weight is 396 g/mol. The molecule has 25 heavy (non-hydrogen) atoms. The molecule has 1 N–H and O–H groups in total. The van der Waals surface area contributed by atoms with E-state index in [-0.39, 0.29) is 59.1 Å². The largest absolute Gasteiger partial charge is 1.00 e. The zero-order valence-electron chi connectivity index (χ0n) is 16.0. The molecule has 0 aromatic carbocycles. The van der Waals surface area contributed by atoms with E-state index in [9.17, 15) is 28.6 Å². The summed E-state index contributed by atoms with van der Waals surface area (Å²) in [6.07, 6.45) is 5.05. The molecule has 0 radical (unpaired) electrons. The predicted octanol–water partition coefficient (Wildman–Crippen LogP) is -3.79. The Morgan fingerprint density at radius 2 is 1.40 bits per heavy atom. The van der Waals surface area contributed by atoms with Crippen LogP contribution in [0.1, 0.15) is 53.4 Å². The van der Waals surface area contributed by atoms with E-state index < -0.39 is 19.7 Å². The Labute approximate surface area is 194 Å². The third-order valence-corrected chi connectivity index (χ3v) is 4.28. The average Bonchev–Trinajstić information content (AvgIpc) is 2.36. The summed E-state index contributed by atoms with van der Waals surface area (Å²) in [5.41, 5.74) is -1.87. The smallest absolute Gasteiger partial charge is 0.683 e. The van der Waals surface area contributed by atoms with Gasteiger partial charge >= 0.3 is 64.8 Å². The number of hydrogen-bond donors (Lipinski definition) is 1. The molecule has 9 heteroatoms. The quantitative estimate of drug-likeness (QED) is 0.246. The third kappa shape index (κ3) is 13.2. The van der Waals surface area contributed by atoms with E-state index in [1.165, 1.54) is 18.1 Å². The van der Waals surface area contributed by atoms with Gasteiger partial charge in [0.15, 0.2) is 6.10 Å². The van der Waals surface area contributed by atoms with Crippen LogP contribution in [0, 0.1) is 0 Å². The van der Waals surface area contributed by atoms with Crippen molar-refractivity contribution in [2.45, 2.75) is 65.1 Å². The van der Waals surface area contributed by atoms with Crippen LogP contribution in [0.15, 0.2) is 34.9 Å². The maximum absolute atomic E-state index is 13.1. The van der Waals surface area contributed by atoms with Crippen LogP contribution < -0.4 is 73.8 Å². The fourth-order valence-corrected chi connectivity index (χ4v) is 2.25. The zero-order chi connectivity index (χ0) is 18.3. The third-order valence-electron chi connectivity index (χ3n) is 3.29. The maximum atomic E-state index is 13.1. The van der Waals surface area contributed by atoms with Gasteiger partial charge in [0, 0.05) is 0 Å². The summed E-state index contributed by atoms with van der Waals surface area (Å²) in [4.78, 5) is 31.3. The second kappa shape index (κ2) is 14.4. The Morgan fingerprint density at radius 3 is 1.84 bits per heavy atom. The second-order valence-corrected chi connectivity index (χ2v) is 7.54. The summed E-state index contributed by atoms with van der Waals surface area (Å²) in [7, 11) is -6.19. The first-order chi connectivity index (χ1) is 10.4. The first-order valence-corrected chi connectivity index (χ1v) is 8.96. The first-order valence-electron chi connectivity index (χ1n) is 7.42. The Kier molecular flexibility index (Phi) is 17.8. The van der Waals surface area contributed by atoms with E-state index in [1.54, 1.807) is 0 Å². The van der Waals surface area contributed by atoms with Gasteiger partial charge in [0.2, 0.25) is 0 Å². The summed E-state index contributed by atoms with van der Waals surface area (Å²) in [6.45, 7) is 7.53. The van der Waals surface area contributed by atoms with Crippen LogP contribution in [-0.4, -0.2) is 16.9 Å². The van der Waals surface area contributed by atoms with Crippen molar-refractivity contribution in [3.63, 3.8) is 0 Å². The monoisotopic (exact) mass is 396 g/mol. The van der Waals surface area contributed by atoms with Crippen molar-refractivity contribution < 1.29 is 87.7 Å². The van der Waals surface area contributed by atoms with Crippen molar-refractivity contribution >= 4 is 7.94 Å². The van der Waals surface area contributed by atoms with E-state index in [0.717, 1.165) is 18.9 Å². The number of aliphatic hydroxyl groups excluding tert-OH is 1. The van der Waals surface area contributed by atoms with Crippen LogP contribution in [0.2, 0.25) is 0 Å². The van der Waals surface area contributed by atoms with Gasteiger partial charge in [-0.3, -0.25) is 0 Å². The van der Waals surface area contributed by atoms with Gasteiger partial charge in [0.25, 0.3) is 0 Å². The minimum Gasteiger partial charge on any atom is -0.683 e. The van der Waals surface area contributed by atoms with Crippen LogP contribution in [-0.2, 0) is 0 Å². The maximum Gasteiger partial charge on any atom is 1.00 e. The fraction of sp³-hybridized carbons (Fsp3) is 0.625. The molecule has 134 valence electrons. The van der Waals surface area contributed by atoms with Gasteiger partial charge < -0.3 is 19.8 Å². The van der Waals surface area contributed by atoms with E-state index in [0.29, 0.717) is 18.4 Å². The fourth-order valence-electron chi connectivity index (χ4n) is 1.85. The second-order valence-electron chi connectivity index (χ2n) is 5.95. The molecule has 0 aliphatic heterocycles. The molecule has 0 fully saturated rings. The summed E-state index contributed by atoms with van der Waals surface area (Å²) in [5, 5.41) is 9.24. The van der Waals surface area contributed by atoms with Gasteiger partial charge in [-0.25, -0.2) is 0 Å². The minimum atomic E-state index is -6.19. The SMILES string of the molecule is CC(C)=CCC/C(C)=C/CC/C(C)=C/C(O)C(F)(F)[P+]([O-])([O-])[O-].[Na+].[Na+]. The van der Waals surface area contributed by atoms with Gasteiger partial charge in [-0.2, -0.15) is 8.78 Å². The molecular weight excluding hydrogens is 371 g/mol. The molecule has 0 aliphatic rings. The molecule has 0 spiro atoms. The minimum absolute atomic E-state index is 0. The molecule has 0 rings (SSSR count). The van der Waals surface area contributed by atoms with Crippen molar-refractivity contribution in [1.29, 1.82) is 0 Å². The number of aliphatic hydroxyl groups is 1. The normalized spacial score (nSPS) is 14.3. The molecular formula is C16H25F2Na2O4P. The molecule has 0 saturated heterocycles. The molecule has 0 aromatic rings. The number of allylic oxidation sites excluding steroid dienone is 5. The topological polar surface area (TPSA) is 89.4 Å². The molecule has 1 atom stereocenters. The number of alkyl halides is 2. The molecule has 0 aromatic heterocycles. The van der Waals surface area contributed by atoms with Gasteiger partial charge in [-0.05, 0) is 59.5 Å². The predicted molar refractivity (Wildman–Crippen MR) is 83.3 cm³/mol. The Morgan fingerprint density at radius 1 is 0.960 bits per heavy atom. The van der Waals surface area contributed by atoms with Crippen LogP contribution in [0.25, 0.3) is 0 Å². The summed E-state index contributed by atoms with van der Waals surface area (Å²) < 4.78 is 26.3. The van der Waals surface area contributed by atoms with Gasteiger partial charge in [0.05, 0.1) is 0 Å². The summed E-state index contributed by atoms with van der Waals surface area (Å²) in [6, 6.07) is 0. The van der Waals surface area contributed by atoms with E-state index >= 15 is 0 Å². The van der Waals surface area contributed by atoms with Crippen molar-refractivity contribution in [3.05, 3.63) is 34.9 Å². The van der Waals surface area contributed by atoms with Gasteiger partial charge in [-0.15, -0.1) is 0 Å². The molecule has 4 nitrogen and oxygen atoms in total. The van der Waals surface area contributed by atoms with E-state index in [4.69, 9.17) is 0 Å². The summed E-state index contributed by atoms with van der Waals surface area (Å²) >= 11 is 0. The number of halogens is 2. The van der Waals surface area contributed by atoms with Crippen molar-refractivity contribution in [2.24, 2.45) is 0 Å². The van der Waals surface area contributed by atoms with Crippen LogP contribution in [0.4, 0.5) is 8.78 Å². The molecule has 0 heterocycles. The van der Waals surface area contributed by atoms with E-state index in [1.807, 2.05) is 26.8 Å². The zero-order valence-corrected chi connectivity index (χ0v) is 20.9. The first kappa shape index (κ1) is 31.1. The standard InChI is InChI=1S/C16H27F2O4P.2Na/c1-12(2)7-5-8-13(3)9-6-10-14(4)11-15(19)16(17,18)23(20,21)22;;/h7,9,11,15,19H,5-6,8,10H2,1-4H3,(H2,20,21,22);;/q;2*+1/p-2/b13-9+,14-11+;;. The number of rotatable bonds is 9. The Hall–Kier alpha value is 1.35. The molecule has 1 unspecified atom stereocenters. The van der Waals surface area contributed by atoms with E-state index in [2.05, 4.69) is 6.08 Å². The molecule has 0 bridgehead atoms. The van der Waals surface area contributed by atoms with Crippen molar-refractivity contribution in [3.8, 4) is 0 Å². The number of hydrogen-bond acceptors (Lipinski definition) is 4.